The van der Waals surface area contributed by atoms with E-state index in [0.717, 1.165) is 5.56 Å². The van der Waals surface area contributed by atoms with Crippen LogP contribution < -0.4 is 11.1 Å². The lowest BCUT2D eigenvalue weighted by atomic mass is 9.98. The van der Waals surface area contributed by atoms with Crippen LogP contribution in [0.2, 0.25) is 0 Å². The molecule has 1 aromatic carbocycles. The SMILES string of the molecule is Cc1ccc(S(=O)(=O)N2CCCC(C(=O)NCC(C)(C)N)C2)cc1. The summed E-state index contributed by atoms with van der Waals surface area (Å²) in [6, 6.07) is 6.80. The number of piperidine rings is 1. The normalized spacial score (nSPS) is 19.9. The Kier molecular flexibility index (Phi) is 5.67. The highest BCUT2D eigenvalue weighted by atomic mass is 32.2. The Hall–Kier alpha value is -1.44. The van der Waals surface area contributed by atoms with Crippen molar-refractivity contribution < 1.29 is 13.2 Å². The molecule has 1 aromatic rings. The van der Waals surface area contributed by atoms with Crippen molar-refractivity contribution in [3.8, 4) is 0 Å². The lowest BCUT2D eigenvalue weighted by Crippen LogP contribution is -2.50. The second kappa shape index (κ2) is 7.21. The third-order valence-corrected chi connectivity index (χ3v) is 6.01. The van der Waals surface area contributed by atoms with E-state index in [4.69, 9.17) is 5.73 Å². The highest BCUT2D eigenvalue weighted by Crippen LogP contribution is 2.24. The zero-order valence-electron chi connectivity index (χ0n) is 14.6. The Morgan fingerprint density at radius 1 is 1.33 bits per heavy atom. The largest absolute Gasteiger partial charge is 0.354 e. The molecule has 0 spiro atoms. The smallest absolute Gasteiger partial charge is 0.243 e. The number of hydrogen-bond donors (Lipinski definition) is 2. The van der Waals surface area contributed by atoms with E-state index in [9.17, 15) is 13.2 Å². The molecule has 0 aromatic heterocycles. The van der Waals surface area contributed by atoms with E-state index in [-0.39, 0.29) is 23.3 Å². The number of sulfonamides is 1. The monoisotopic (exact) mass is 353 g/mol. The summed E-state index contributed by atoms with van der Waals surface area (Å²) in [7, 11) is -3.56. The summed E-state index contributed by atoms with van der Waals surface area (Å²) in [5, 5.41) is 2.83. The lowest BCUT2D eigenvalue weighted by molar-refractivity contribution is -0.126. The van der Waals surface area contributed by atoms with Crippen molar-refractivity contribution in [2.24, 2.45) is 11.7 Å². The predicted octanol–water partition coefficient (Wildman–Crippen LogP) is 1.25. The number of nitrogens with two attached hydrogens (primary N) is 1. The third kappa shape index (κ3) is 4.78. The number of hydrogen-bond acceptors (Lipinski definition) is 4. The van der Waals surface area contributed by atoms with Crippen molar-refractivity contribution in [2.75, 3.05) is 19.6 Å². The molecule has 0 radical (unpaired) electrons. The Morgan fingerprint density at radius 2 is 1.96 bits per heavy atom. The second-order valence-corrected chi connectivity index (χ2v) is 9.16. The molecule has 2 rings (SSSR count). The molecule has 0 saturated carbocycles. The highest BCUT2D eigenvalue weighted by molar-refractivity contribution is 7.89. The molecule has 1 atom stereocenters. The van der Waals surface area contributed by atoms with Crippen LogP contribution in [0.25, 0.3) is 0 Å². The number of amides is 1. The number of nitrogens with one attached hydrogen (secondary N) is 1. The molecule has 1 aliphatic rings. The van der Waals surface area contributed by atoms with E-state index in [1.54, 1.807) is 24.3 Å². The van der Waals surface area contributed by atoms with Gasteiger partial charge >= 0.3 is 0 Å². The van der Waals surface area contributed by atoms with Gasteiger partial charge in [-0.2, -0.15) is 4.31 Å². The quantitative estimate of drug-likeness (QED) is 0.833. The number of aryl methyl sites for hydroxylation is 1. The average molecular weight is 353 g/mol. The van der Waals surface area contributed by atoms with Gasteiger partial charge in [-0.3, -0.25) is 4.79 Å². The summed E-state index contributed by atoms with van der Waals surface area (Å²) < 4.78 is 26.9. The van der Waals surface area contributed by atoms with E-state index in [1.807, 2.05) is 20.8 Å². The number of nitrogens with zero attached hydrogens (tertiary/aromatic N) is 1. The van der Waals surface area contributed by atoms with Gasteiger partial charge in [0.25, 0.3) is 0 Å². The van der Waals surface area contributed by atoms with E-state index in [2.05, 4.69) is 5.32 Å². The fourth-order valence-electron chi connectivity index (χ4n) is 2.69. The molecular weight excluding hydrogens is 326 g/mol. The molecule has 1 aliphatic heterocycles. The van der Waals surface area contributed by atoms with E-state index in [0.29, 0.717) is 25.9 Å². The Bertz CT molecular complexity index is 678. The van der Waals surface area contributed by atoms with Crippen molar-refractivity contribution in [2.45, 2.75) is 44.0 Å². The van der Waals surface area contributed by atoms with Gasteiger partial charge < -0.3 is 11.1 Å². The van der Waals surface area contributed by atoms with Crippen LogP contribution in [0.5, 0.6) is 0 Å². The summed E-state index contributed by atoms with van der Waals surface area (Å²) in [5.74, 6) is -0.460. The Morgan fingerprint density at radius 3 is 2.54 bits per heavy atom. The zero-order valence-corrected chi connectivity index (χ0v) is 15.4. The first kappa shape index (κ1) is 18.9. The predicted molar refractivity (Wildman–Crippen MR) is 93.9 cm³/mol. The van der Waals surface area contributed by atoms with Crippen LogP contribution in [-0.4, -0.2) is 43.8 Å². The van der Waals surface area contributed by atoms with Crippen LogP contribution in [0.15, 0.2) is 29.2 Å². The van der Waals surface area contributed by atoms with Crippen molar-refractivity contribution in [1.29, 1.82) is 0 Å². The van der Waals surface area contributed by atoms with Gasteiger partial charge in [0.05, 0.1) is 10.8 Å². The van der Waals surface area contributed by atoms with E-state index < -0.39 is 15.6 Å². The van der Waals surface area contributed by atoms with Crippen LogP contribution in [0.1, 0.15) is 32.3 Å². The van der Waals surface area contributed by atoms with Crippen LogP contribution >= 0.6 is 0 Å². The maximum Gasteiger partial charge on any atom is 0.243 e. The topological polar surface area (TPSA) is 92.5 Å². The maximum absolute atomic E-state index is 12.8. The third-order valence-electron chi connectivity index (χ3n) is 4.13. The Balaban J connectivity index is 2.07. The van der Waals surface area contributed by atoms with Crippen molar-refractivity contribution in [3.63, 3.8) is 0 Å². The van der Waals surface area contributed by atoms with Gasteiger partial charge in [-0.1, -0.05) is 17.7 Å². The molecule has 1 amide bonds. The highest BCUT2D eigenvalue weighted by Gasteiger charge is 2.33. The first-order valence-electron chi connectivity index (χ1n) is 8.23. The summed E-state index contributed by atoms with van der Waals surface area (Å²) in [6.45, 7) is 6.61. The minimum absolute atomic E-state index is 0.127. The number of carbonyl (C=O) groups is 1. The summed E-state index contributed by atoms with van der Waals surface area (Å²) in [5.41, 5.74) is 6.40. The first-order chi connectivity index (χ1) is 11.1. The van der Waals surface area contributed by atoms with Crippen molar-refractivity contribution in [3.05, 3.63) is 29.8 Å². The maximum atomic E-state index is 12.8. The fourth-order valence-corrected chi connectivity index (χ4v) is 4.22. The Labute approximate surface area is 144 Å². The van der Waals surface area contributed by atoms with Gasteiger partial charge in [0.1, 0.15) is 0 Å². The van der Waals surface area contributed by atoms with Crippen molar-refractivity contribution in [1.82, 2.24) is 9.62 Å². The minimum atomic E-state index is -3.56. The molecule has 7 heteroatoms. The number of benzene rings is 1. The van der Waals surface area contributed by atoms with Gasteiger partial charge in [0.15, 0.2) is 0 Å². The van der Waals surface area contributed by atoms with E-state index >= 15 is 0 Å². The second-order valence-electron chi connectivity index (χ2n) is 7.22. The van der Waals surface area contributed by atoms with Gasteiger partial charge in [-0.15, -0.1) is 0 Å². The summed E-state index contributed by atoms with van der Waals surface area (Å²) in [6.07, 6.45) is 1.37. The molecule has 3 N–H and O–H groups in total. The molecule has 1 saturated heterocycles. The summed E-state index contributed by atoms with van der Waals surface area (Å²) >= 11 is 0. The van der Waals surface area contributed by atoms with Crippen LogP contribution in [0, 0.1) is 12.8 Å². The molecular formula is C17H27N3O3S. The number of rotatable bonds is 5. The molecule has 1 unspecified atom stereocenters. The first-order valence-corrected chi connectivity index (χ1v) is 9.67. The lowest BCUT2D eigenvalue weighted by Gasteiger charge is -2.32. The van der Waals surface area contributed by atoms with Crippen LogP contribution in [0.3, 0.4) is 0 Å². The molecule has 24 heavy (non-hydrogen) atoms. The molecule has 0 bridgehead atoms. The zero-order chi connectivity index (χ0) is 18.0. The van der Waals surface area contributed by atoms with Crippen LogP contribution in [-0.2, 0) is 14.8 Å². The van der Waals surface area contributed by atoms with Gasteiger partial charge in [0.2, 0.25) is 15.9 Å². The minimum Gasteiger partial charge on any atom is -0.354 e. The molecule has 1 heterocycles. The fraction of sp³-hybridized carbons (Fsp3) is 0.588. The summed E-state index contributed by atoms with van der Waals surface area (Å²) in [4.78, 5) is 12.6. The molecule has 0 aliphatic carbocycles. The average Bonchev–Trinajstić information content (AvgIpc) is 2.52. The standard InChI is InChI=1S/C17H27N3O3S/c1-13-6-8-15(9-7-13)24(22,23)20-10-4-5-14(11-20)16(21)19-12-17(2,3)18/h6-9,14H,4-5,10-12,18H2,1-3H3,(H,19,21). The van der Waals surface area contributed by atoms with Crippen LogP contribution in [0.4, 0.5) is 0 Å². The van der Waals surface area contributed by atoms with Gasteiger partial charge in [-0.25, -0.2) is 8.42 Å². The van der Waals surface area contributed by atoms with E-state index in [1.165, 1.54) is 4.31 Å². The van der Waals surface area contributed by atoms with Gasteiger partial charge in [-0.05, 0) is 45.7 Å². The van der Waals surface area contributed by atoms with Crippen molar-refractivity contribution >= 4 is 15.9 Å². The molecule has 6 nitrogen and oxygen atoms in total. The molecule has 134 valence electrons. The van der Waals surface area contributed by atoms with Gasteiger partial charge in [0, 0.05) is 25.2 Å². The number of carbonyl (C=O) groups excluding carboxylic acids is 1. The molecule has 1 fully saturated rings.